The number of hydrogen-bond acceptors (Lipinski definition) is 14. The van der Waals surface area contributed by atoms with E-state index < -0.39 is 167 Å². The standard InChI is InChI=1S/C72H126N10O13/c1-26-50-34-59(85)63(64(87)46(14)28-27-29-60(86)82-38-51-36-74(18)37-52(51)39-82)81(25)72(95)62(45(12)13)80(24)70(93)56(32-42(6)7)78(22)71(94)61(44(10)11)79(23)66(89)48(16)73-65(88)47(15)33-57(83)54(30-40(2)3)77(21)69(92)53(43(8)9)35-58(84)55(31-41(4)5)76(20)67(90)49(17)75(19)68(50)91/h40-56,61-64,87H,26-39H2,1-25H3,(H,73,88)/t46-,47+,48+,49-,50+,51-,52+,53-,54-,55+,56-,61?,62-,63+,64-/m1/s1. The molecule has 3 aliphatic heterocycles. The number of fused-ring (bicyclic) bond motifs is 1. The van der Waals surface area contributed by atoms with E-state index in [1.165, 1.54) is 92.6 Å². The fourth-order valence-corrected chi connectivity index (χ4v) is 14.6. The van der Waals surface area contributed by atoms with Gasteiger partial charge in [-0.1, -0.05) is 104 Å². The molecule has 542 valence electrons. The Hall–Kier alpha value is -5.84. The zero-order valence-electron chi connectivity index (χ0n) is 62.9. The van der Waals surface area contributed by atoms with E-state index in [0.29, 0.717) is 37.8 Å². The quantitative estimate of drug-likeness (QED) is 0.186. The summed E-state index contributed by atoms with van der Waals surface area (Å²) in [5.41, 5.74) is 0. The van der Waals surface area contributed by atoms with Gasteiger partial charge in [0, 0.05) is 119 Å². The van der Waals surface area contributed by atoms with Crippen molar-refractivity contribution in [3.63, 3.8) is 0 Å². The molecule has 0 bridgehead atoms. The molecule has 3 aliphatic rings. The van der Waals surface area contributed by atoms with Crippen LogP contribution in [0.1, 0.15) is 182 Å². The molecule has 0 radical (unpaired) electrons. The molecule has 1 unspecified atom stereocenters. The number of ketones is 3. The highest BCUT2D eigenvalue weighted by atomic mass is 16.3. The number of Topliss-reactive ketones (excluding diaryl/α,β-unsaturated/α-hetero) is 3. The molecule has 23 heteroatoms. The number of aliphatic hydroxyl groups excluding tert-OH is 1. The molecule has 3 heterocycles. The molecule has 0 aromatic heterocycles. The smallest absolute Gasteiger partial charge is 0.246 e. The van der Waals surface area contributed by atoms with Crippen LogP contribution in [0.15, 0.2) is 0 Å². The van der Waals surface area contributed by atoms with Crippen LogP contribution in [0.5, 0.6) is 0 Å². The van der Waals surface area contributed by atoms with Gasteiger partial charge < -0.3 is 54.5 Å². The number of aliphatic hydroxyl groups is 1. The van der Waals surface area contributed by atoms with E-state index in [9.17, 15) is 43.5 Å². The maximum atomic E-state index is 15.5. The first-order valence-electron chi connectivity index (χ1n) is 35.3. The lowest BCUT2D eigenvalue weighted by atomic mass is 9.84. The Morgan fingerprint density at radius 2 is 0.905 bits per heavy atom. The van der Waals surface area contributed by atoms with E-state index in [0.717, 1.165) is 18.0 Å². The van der Waals surface area contributed by atoms with Gasteiger partial charge in [-0.05, 0) is 113 Å². The monoisotopic (exact) mass is 1340 g/mol. The van der Waals surface area contributed by atoms with Crippen molar-refractivity contribution in [2.24, 2.45) is 71.0 Å². The van der Waals surface area contributed by atoms with Crippen LogP contribution in [-0.4, -0.2) is 257 Å². The second-order valence-electron chi connectivity index (χ2n) is 31.1. The van der Waals surface area contributed by atoms with Crippen LogP contribution in [0.3, 0.4) is 0 Å². The van der Waals surface area contributed by atoms with Gasteiger partial charge in [-0.3, -0.25) is 57.5 Å². The fourth-order valence-electron chi connectivity index (χ4n) is 14.6. The fraction of sp³-hybridized carbons (Fsp3) is 0.833. The Kier molecular flexibility index (Phi) is 32.2. The van der Waals surface area contributed by atoms with Gasteiger partial charge in [-0.15, -0.1) is 0 Å². The molecule has 23 nitrogen and oxygen atoms in total. The van der Waals surface area contributed by atoms with E-state index in [1.54, 1.807) is 62.3 Å². The van der Waals surface area contributed by atoms with Crippen molar-refractivity contribution >= 4 is 70.5 Å². The highest BCUT2D eigenvalue weighted by Crippen LogP contribution is 2.33. The lowest BCUT2D eigenvalue weighted by Crippen LogP contribution is -2.62. The lowest BCUT2D eigenvalue weighted by molar-refractivity contribution is -0.157. The summed E-state index contributed by atoms with van der Waals surface area (Å²) in [5, 5.41) is 15.3. The molecule has 0 aliphatic carbocycles. The topological polar surface area (TPSA) is 266 Å². The molecule has 3 rings (SSSR count). The number of likely N-dealkylation sites (tertiary alicyclic amines) is 2. The molecular weight excluding hydrogens is 1210 g/mol. The Bertz CT molecular complexity index is 2670. The van der Waals surface area contributed by atoms with Crippen molar-refractivity contribution in [1.29, 1.82) is 0 Å². The average Bonchev–Trinajstić information content (AvgIpc) is 1.03. The summed E-state index contributed by atoms with van der Waals surface area (Å²) >= 11 is 0. The normalized spacial score (nSPS) is 29.5. The summed E-state index contributed by atoms with van der Waals surface area (Å²) in [7, 11) is 12.3. The van der Waals surface area contributed by atoms with E-state index in [2.05, 4.69) is 17.3 Å². The first-order chi connectivity index (χ1) is 43.9. The molecule has 2 N–H and O–H groups in total. The van der Waals surface area contributed by atoms with Crippen LogP contribution in [0.25, 0.3) is 0 Å². The van der Waals surface area contributed by atoms with Gasteiger partial charge in [0.1, 0.15) is 36.3 Å². The molecule has 0 aromatic carbocycles. The summed E-state index contributed by atoms with van der Waals surface area (Å²) in [4.78, 5) is 190. The molecule has 95 heavy (non-hydrogen) atoms. The SMILES string of the molecule is CC[C@H]1CC(=O)[C@@H]([C@H](O)[C@H](C)CCCC(=O)N2C[C@H]3CN(C)C[C@H]3C2)N(C)C(=O)[C@@H](C(C)C)N(C)C(=O)[C@@H](CC(C)C)N(C)C(=O)C(C(C)C)N(C)C(=O)[C@H](C)NC(=O)[C@@H](C)CC(=O)[C@@H](CC(C)C)N(C)C(=O)[C@@H](C(C)C)CC(=O)[C@H](CC(C)C)N(C)C(=O)[C@@H](C)N(C)C1=O. The summed E-state index contributed by atoms with van der Waals surface area (Å²) in [6, 6.07) is -9.53. The second-order valence-corrected chi connectivity index (χ2v) is 31.1. The van der Waals surface area contributed by atoms with Crippen LogP contribution in [-0.2, 0) is 57.5 Å². The van der Waals surface area contributed by atoms with Crippen molar-refractivity contribution in [3.8, 4) is 0 Å². The molecule has 15 atom stereocenters. The Balaban J connectivity index is 2.27. The van der Waals surface area contributed by atoms with Gasteiger partial charge in [0.25, 0.3) is 0 Å². The van der Waals surface area contributed by atoms with Crippen molar-refractivity contribution in [3.05, 3.63) is 0 Å². The number of carbonyl (C=O) groups is 12. The van der Waals surface area contributed by atoms with E-state index in [4.69, 9.17) is 0 Å². The highest BCUT2D eigenvalue weighted by Gasteiger charge is 2.47. The minimum absolute atomic E-state index is 0.0131. The second kappa shape index (κ2) is 36.7. The summed E-state index contributed by atoms with van der Waals surface area (Å²) in [6.45, 7) is 33.2. The van der Waals surface area contributed by atoms with E-state index in [1.807, 2.05) is 46.4 Å². The van der Waals surface area contributed by atoms with E-state index in [-0.39, 0.29) is 68.6 Å². The number of carbonyl (C=O) groups excluding carboxylic acids is 12. The van der Waals surface area contributed by atoms with Gasteiger partial charge >= 0.3 is 0 Å². The number of hydrogen-bond donors (Lipinski definition) is 2. The molecule has 0 saturated carbocycles. The third-order valence-corrected chi connectivity index (χ3v) is 20.7. The third-order valence-electron chi connectivity index (χ3n) is 20.7. The molecule has 0 aromatic rings. The highest BCUT2D eigenvalue weighted by molar-refractivity contribution is 6.00. The molecule has 3 saturated heterocycles. The molecule has 0 spiro atoms. The number of likely N-dealkylation sites (N-methyl/N-ethyl adjacent to an activating group) is 7. The lowest BCUT2D eigenvalue weighted by Gasteiger charge is -2.42. The molecular formula is C72H126N10O13. The Morgan fingerprint density at radius 3 is 1.37 bits per heavy atom. The summed E-state index contributed by atoms with van der Waals surface area (Å²) in [6.07, 6.45) is -0.949. The van der Waals surface area contributed by atoms with Gasteiger partial charge in [0.05, 0.1) is 18.2 Å². The van der Waals surface area contributed by atoms with Crippen LogP contribution in [0.2, 0.25) is 0 Å². The first-order valence-corrected chi connectivity index (χ1v) is 35.3. The van der Waals surface area contributed by atoms with Gasteiger partial charge in [0.15, 0.2) is 17.3 Å². The van der Waals surface area contributed by atoms with Crippen LogP contribution < -0.4 is 5.32 Å². The summed E-state index contributed by atoms with van der Waals surface area (Å²) < 4.78 is 0. The van der Waals surface area contributed by atoms with E-state index >= 15 is 19.2 Å². The predicted octanol–water partition coefficient (Wildman–Crippen LogP) is 5.76. The molecule has 9 amide bonds. The number of rotatable bonds is 16. The van der Waals surface area contributed by atoms with Crippen molar-refractivity contribution in [2.45, 2.75) is 236 Å². The van der Waals surface area contributed by atoms with Crippen molar-refractivity contribution in [2.75, 3.05) is 82.6 Å². The maximum Gasteiger partial charge on any atom is 0.246 e. The van der Waals surface area contributed by atoms with Crippen molar-refractivity contribution < 1.29 is 62.6 Å². The molecule has 3 fully saturated rings. The largest absolute Gasteiger partial charge is 0.390 e. The predicted molar refractivity (Wildman–Crippen MR) is 367 cm³/mol. The minimum Gasteiger partial charge on any atom is -0.390 e. The van der Waals surface area contributed by atoms with Crippen LogP contribution in [0, 0.1) is 71.0 Å². The van der Waals surface area contributed by atoms with Gasteiger partial charge in [0.2, 0.25) is 53.2 Å². The van der Waals surface area contributed by atoms with Crippen LogP contribution >= 0.6 is 0 Å². The average molecular weight is 1340 g/mol. The first kappa shape index (κ1) is 83.4. The summed E-state index contributed by atoms with van der Waals surface area (Å²) in [5.74, 6) is -10.8. The number of amides is 9. The van der Waals surface area contributed by atoms with Gasteiger partial charge in [-0.2, -0.15) is 0 Å². The number of nitrogens with one attached hydrogen (secondary N) is 1. The van der Waals surface area contributed by atoms with Gasteiger partial charge in [-0.25, -0.2) is 0 Å². The minimum atomic E-state index is -1.57. The maximum absolute atomic E-state index is 15.5. The number of nitrogens with zero attached hydrogens (tertiary/aromatic N) is 9. The van der Waals surface area contributed by atoms with Crippen molar-refractivity contribution in [1.82, 2.24) is 49.4 Å². The zero-order valence-corrected chi connectivity index (χ0v) is 62.9. The Morgan fingerprint density at radius 1 is 0.474 bits per heavy atom. The van der Waals surface area contributed by atoms with Crippen LogP contribution in [0.4, 0.5) is 0 Å². The Labute approximate surface area is 570 Å². The third kappa shape index (κ3) is 21.6. The zero-order chi connectivity index (χ0) is 72.9.